The second-order valence-electron chi connectivity index (χ2n) is 7.72. The summed E-state index contributed by atoms with van der Waals surface area (Å²) in [5.41, 5.74) is 2.71. The highest BCUT2D eigenvalue weighted by molar-refractivity contribution is 6.07. The Hall–Kier alpha value is -2.51. The van der Waals surface area contributed by atoms with Gasteiger partial charge in [0.25, 0.3) is 5.91 Å². The van der Waals surface area contributed by atoms with Gasteiger partial charge in [-0.25, -0.2) is 9.97 Å². The predicted octanol–water partition coefficient (Wildman–Crippen LogP) is 2.41. The molecule has 1 aromatic carbocycles. The maximum atomic E-state index is 13.1. The smallest absolute Gasteiger partial charge is 0.261 e. The molecule has 1 unspecified atom stereocenters. The van der Waals surface area contributed by atoms with E-state index in [2.05, 4.69) is 27.9 Å². The lowest BCUT2D eigenvalue weighted by atomic mass is 10.0. The number of rotatable bonds is 2. The van der Waals surface area contributed by atoms with Crippen LogP contribution in [0.3, 0.4) is 0 Å². The molecule has 3 aliphatic rings. The number of hydrogen-bond acceptors (Lipinski definition) is 6. The van der Waals surface area contributed by atoms with Crippen molar-refractivity contribution in [1.29, 1.82) is 0 Å². The number of carbonyl (C=O) groups excluding carboxylic acids is 1. The van der Waals surface area contributed by atoms with Crippen molar-refractivity contribution in [3.63, 3.8) is 0 Å². The van der Waals surface area contributed by atoms with Crippen LogP contribution in [0.5, 0.6) is 0 Å². The van der Waals surface area contributed by atoms with Crippen LogP contribution in [-0.4, -0.2) is 54.0 Å². The molecule has 0 radical (unpaired) electrons. The average molecular weight is 380 g/mol. The molecular formula is C21H24N4O3. The van der Waals surface area contributed by atoms with Crippen LogP contribution in [-0.2, 0) is 15.9 Å². The number of fused-ring (bicyclic) bond motifs is 1. The van der Waals surface area contributed by atoms with Crippen LogP contribution >= 0.6 is 0 Å². The summed E-state index contributed by atoms with van der Waals surface area (Å²) in [6, 6.07) is 8.20. The lowest BCUT2D eigenvalue weighted by Gasteiger charge is -2.37. The van der Waals surface area contributed by atoms with Gasteiger partial charge in [0.05, 0.1) is 18.8 Å². The molecule has 0 N–H and O–H groups in total. The maximum absolute atomic E-state index is 13.1. The van der Waals surface area contributed by atoms with Gasteiger partial charge in [0, 0.05) is 50.1 Å². The first-order valence-electron chi connectivity index (χ1n) is 9.92. The number of ether oxygens (including phenoxy) is 2. The molecule has 2 fully saturated rings. The fraction of sp³-hybridized carbons (Fsp3) is 0.476. The number of anilines is 2. The summed E-state index contributed by atoms with van der Waals surface area (Å²) >= 11 is 0. The minimum absolute atomic E-state index is 0.0469. The molecule has 4 heterocycles. The Bertz CT molecular complexity index is 869. The summed E-state index contributed by atoms with van der Waals surface area (Å²) in [4.78, 5) is 26.0. The molecule has 1 spiro atoms. The van der Waals surface area contributed by atoms with Crippen LogP contribution in [0.1, 0.15) is 35.7 Å². The zero-order valence-electron chi connectivity index (χ0n) is 16.0. The number of hydrogen-bond donors (Lipinski definition) is 0. The number of carbonyl (C=O) groups is 1. The number of piperidine rings is 1. The lowest BCUT2D eigenvalue weighted by molar-refractivity contribution is -0.169. The topological polar surface area (TPSA) is 67.8 Å². The van der Waals surface area contributed by atoms with E-state index in [0.717, 1.165) is 38.0 Å². The van der Waals surface area contributed by atoms with Gasteiger partial charge in [-0.05, 0) is 25.0 Å². The van der Waals surface area contributed by atoms with Crippen molar-refractivity contribution in [2.75, 3.05) is 36.1 Å². The highest BCUT2D eigenvalue weighted by Gasteiger charge is 2.40. The predicted molar refractivity (Wildman–Crippen MR) is 105 cm³/mol. The summed E-state index contributed by atoms with van der Waals surface area (Å²) in [5.74, 6) is 0.194. The molecule has 2 saturated heterocycles. The normalized spacial score (nSPS) is 23.2. The minimum atomic E-state index is -0.411. The molecule has 7 heteroatoms. The van der Waals surface area contributed by atoms with Gasteiger partial charge in [0.15, 0.2) is 5.79 Å². The number of para-hydroxylation sites is 1. The van der Waals surface area contributed by atoms with Crippen LogP contribution in [0.25, 0.3) is 0 Å². The van der Waals surface area contributed by atoms with Crippen molar-refractivity contribution in [3.8, 4) is 0 Å². The van der Waals surface area contributed by atoms with E-state index in [-0.39, 0.29) is 11.9 Å². The van der Waals surface area contributed by atoms with Gasteiger partial charge < -0.3 is 19.3 Å². The fourth-order valence-electron chi connectivity index (χ4n) is 4.44. The quantitative estimate of drug-likeness (QED) is 0.797. The molecule has 0 aliphatic carbocycles. The molecule has 5 rings (SSSR count). The van der Waals surface area contributed by atoms with E-state index in [4.69, 9.17) is 9.47 Å². The highest BCUT2D eigenvalue weighted by Crippen LogP contribution is 2.34. The summed E-state index contributed by atoms with van der Waals surface area (Å²) in [6.07, 6.45) is 5.77. The third-order valence-corrected chi connectivity index (χ3v) is 5.93. The number of benzene rings is 1. The molecule has 3 aliphatic heterocycles. The molecule has 28 heavy (non-hydrogen) atoms. The molecule has 1 amide bonds. The van der Waals surface area contributed by atoms with Crippen molar-refractivity contribution in [2.45, 2.75) is 38.0 Å². The van der Waals surface area contributed by atoms with Gasteiger partial charge >= 0.3 is 0 Å². The van der Waals surface area contributed by atoms with E-state index >= 15 is 0 Å². The molecule has 2 aromatic rings. The Morgan fingerprint density at radius 3 is 2.50 bits per heavy atom. The van der Waals surface area contributed by atoms with Gasteiger partial charge in [-0.1, -0.05) is 18.2 Å². The first kappa shape index (κ1) is 17.6. The zero-order valence-corrected chi connectivity index (χ0v) is 16.0. The Balaban J connectivity index is 1.30. The van der Waals surface area contributed by atoms with Gasteiger partial charge in [0.1, 0.15) is 0 Å². The first-order valence-corrected chi connectivity index (χ1v) is 9.92. The van der Waals surface area contributed by atoms with Crippen LogP contribution in [0.4, 0.5) is 11.6 Å². The van der Waals surface area contributed by atoms with Crippen molar-refractivity contribution in [1.82, 2.24) is 9.97 Å². The summed E-state index contributed by atoms with van der Waals surface area (Å²) in [5, 5.41) is 0. The zero-order chi connectivity index (χ0) is 19.1. The molecular weight excluding hydrogens is 356 g/mol. The van der Waals surface area contributed by atoms with Gasteiger partial charge in [-0.3, -0.25) is 4.79 Å². The van der Waals surface area contributed by atoms with Crippen molar-refractivity contribution in [2.24, 2.45) is 0 Å². The standard InChI is InChI=1S/C21H24N4O3/c1-15-12-16-4-2-3-5-18(16)25(15)19(26)17-13-22-20(23-14-17)24-8-6-21(7-9-24)27-10-11-28-21/h2-5,13-15H,6-12H2,1H3. The molecule has 1 aromatic heterocycles. The minimum Gasteiger partial charge on any atom is -0.347 e. The SMILES string of the molecule is CC1Cc2ccccc2N1C(=O)c1cnc(N2CCC3(CC2)OCCO3)nc1. The molecule has 7 nitrogen and oxygen atoms in total. The van der Waals surface area contributed by atoms with E-state index in [0.29, 0.717) is 24.7 Å². The van der Waals surface area contributed by atoms with E-state index < -0.39 is 5.79 Å². The highest BCUT2D eigenvalue weighted by atomic mass is 16.7. The van der Waals surface area contributed by atoms with E-state index in [1.54, 1.807) is 12.4 Å². The first-order chi connectivity index (χ1) is 13.7. The Morgan fingerprint density at radius 2 is 1.79 bits per heavy atom. The second kappa shape index (κ2) is 6.83. The van der Waals surface area contributed by atoms with E-state index in [1.807, 2.05) is 23.1 Å². The van der Waals surface area contributed by atoms with E-state index in [1.165, 1.54) is 5.56 Å². The third kappa shape index (κ3) is 2.95. The van der Waals surface area contributed by atoms with Crippen molar-refractivity contribution in [3.05, 3.63) is 47.8 Å². The summed E-state index contributed by atoms with van der Waals surface area (Å²) in [6.45, 7) is 4.98. The largest absolute Gasteiger partial charge is 0.347 e. The Labute approximate surface area is 164 Å². The fourth-order valence-corrected chi connectivity index (χ4v) is 4.44. The average Bonchev–Trinajstić information content (AvgIpc) is 3.32. The monoisotopic (exact) mass is 380 g/mol. The number of nitrogens with zero attached hydrogens (tertiary/aromatic N) is 4. The van der Waals surface area contributed by atoms with Crippen LogP contribution in [0.2, 0.25) is 0 Å². The Kier molecular flexibility index (Phi) is 4.29. The van der Waals surface area contributed by atoms with E-state index in [9.17, 15) is 4.79 Å². The van der Waals surface area contributed by atoms with Gasteiger partial charge in [0.2, 0.25) is 5.95 Å². The van der Waals surface area contributed by atoms with Crippen LogP contribution in [0.15, 0.2) is 36.7 Å². The summed E-state index contributed by atoms with van der Waals surface area (Å²) < 4.78 is 11.5. The molecule has 1 atom stereocenters. The summed E-state index contributed by atoms with van der Waals surface area (Å²) in [7, 11) is 0. The van der Waals surface area contributed by atoms with Gasteiger partial charge in [-0.2, -0.15) is 0 Å². The van der Waals surface area contributed by atoms with Crippen molar-refractivity contribution < 1.29 is 14.3 Å². The Morgan fingerprint density at radius 1 is 1.11 bits per heavy atom. The molecule has 0 bridgehead atoms. The van der Waals surface area contributed by atoms with Crippen LogP contribution in [0, 0.1) is 0 Å². The van der Waals surface area contributed by atoms with Gasteiger partial charge in [-0.15, -0.1) is 0 Å². The lowest BCUT2D eigenvalue weighted by Crippen LogP contribution is -2.45. The molecule has 0 saturated carbocycles. The molecule has 146 valence electrons. The van der Waals surface area contributed by atoms with Crippen LogP contribution < -0.4 is 9.80 Å². The number of amides is 1. The number of aromatic nitrogens is 2. The third-order valence-electron chi connectivity index (χ3n) is 5.93. The maximum Gasteiger partial charge on any atom is 0.261 e. The van der Waals surface area contributed by atoms with Crippen molar-refractivity contribution >= 4 is 17.5 Å². The second-order valence-corrected chi connectivity index (χ2v) is 7.72.